The van der Waals surface area contributed by atoms with Gasteiger partial charge in [0, 0.05) is 12.6 Å². The predicted molar refractivity (Wildman–Crippen MR) is 96.3 cm³/mol. The van der Waals surface area contributed by atoms with Crippen LogP contribution in [-0.4, -0.2) is 31.0 Å². The molecule has 2 aliphatic carbocycles. The number of carbonyl (C=O) groups is 1. The first-order valence-electron chi connectivity index (χ1n) is 9.26. The maximum Gasteiger partial charge on any atom is 0.407 e. The number of alkyl carbamates (subject to hydrolysis) is 1. The molecule has 0 saturated heterocycles. The number of carbonyl (C=O) groups excluding carboxylic acids is 1. The minimum atomic E-state index is -0.328. The lowest BCUT2D eigenvalue weighted by atomic mass is 9.82. The van der Waals surface area contributed by atoms with Gasteiger partial charge in [0.05, 0.1) is 7.11 Å². The zero-order valence-electron chi connectivity index (χ0n) is 15.2. The van der Waals surface area contributed by atoms with E-state index in [1.807, 2.05) is 13.8 Å². The van der Waals surface area contributed by atoms with E-state index in [2.05, 4.69) is 28.3 Å². The SMILES string of the molecule is CC.COC(=O)NC1CCC(c2ccc3c(c2)CC[C@H](CO)C3)C1. The zero-order chi connectivity index (χ0) is 17.5. The number of nitrogens with one attached hydrogen (secondary N) is 1. The predicted octanol–water partition coefficient (Wildman–Crippen LogP) is 3.80. The summed E-state index contributed by atoms with van der Waals surface area (Å²) < 4.78 is 4.68. The largest absolute Gasteiger partial charge is 0.453 e. The normalized spacial score (nSPS) is 25.2. The van der Waals surface area contributed by atoms with Crippen LogP contribution >= 0.6 is 0 Å². The number of ether oxygens (including phenoxy) is 1. The number of aliphatic hydroxyl groups is 1. The van der Waals surface area contributed by atoms with Gasteiger partial charge in [0.25, 0.3) is 0 Å². The second kappa shape index (κ2) is 9.07. The lowest BCUT2D eigenvalue weighted by Gasteiger charge is -2.24. The molecule has 0 bridgehead atoms. The molecule has 1 amide bonds. The monoisotopic (exact) mass is 333 g/mol. The van der Waals surface area contributed by atoms with Crippen LogP contribution in [0.5, 0.6) is 0 Å². The number of methoxy groups -OCH3 is 1. The maximum atomic E-state index is 11.3. The van der Waals surface area contributed by atoms with E-state index in [1.54, 1.807) is 0 Å². The molecule has 1 fully saturated rings. The Kier molecular flexibility index (Phi) is 7.10. The third kappa shape index (κ3) is 4.50. The summed E-state index contributed by atoms with van der Waals surface area (Å²) in [6, 6.07) is 7.07. The summed E-state index contributed by atoms with van der Waals surface area (Å²) >= 11 is 0. The van der Waals surface area contributed by atoms with Gasteiger partial charge in [-0.2, -0.15) is 0 Å². The van der Waals surface area contributed by atoms with Gasteiger partial charge in [-0.25, -0.2) is 4.79 Å². The van der Waals surface area contributed by atoms with Crippen molar-refractivity contribution in [3.8, 4) is 0 Å². The zero-order valence-corrected chi connectivity index (χ0v) is 15.2. The lowest BCUT2D eigenvalue weighted by Crippen LogP contribution is -2.32. The second-order valence-electron chi connectivity index (χ2n) is 6.66. The fourth-order valence-corrected chi connectivity index (χ4v) is 3.90. The molecule has 3 rings (SSSR count). The van der Waals surface area contributed by atoms with Crippen molar-refractivity contribution in [3.05, 3.63) is 34.9 Å². The van der Waals surface area contributed by atoms with E-state index >= 15 is 0 Å². The standard InChI is InChI=1S/C18H25NO3.C2H6/c1-22-18(21)19-17-7-6-16(10-17)15-5-4-13-8-12(11-20)2-3-14(13)9-15;1-2/h4-5,9,12,16-17,20H,2-3,6-8,10-11H2,1H3,(H,19,21);1-2H3/t12-,16?,17?;/m0./s1. The molecule has 2 aliphatic rings. The molecule has 0 heterocycles. The van der Waals surface area contributed by atoms with Crippen LogP contribution in [0.25, 0.3) is 0 Å². The van der Waals surface area contributed by atoms with E-state index in [0.29, 0.717) is 18.4 Å². The average molecular weight is 333 g/mol. The molecule has 1 saturated carbocycles. The van der Waals surface area contributed by atoms with Crippen molar-refractivity contribution >= 4 is 6.09 Å². The first-order valence-corrected chi connectivity index (χ1v) is 9.26. The fraction of sp³-hybridized carbons (Fsp3) is 0.650. The molecule has 1 aromatic rings. The summed E-state index contributed by atoms with van der Waals surface area (Å²) in [4.78, 5) is 11.3. The van der Waals surface area contributed by atoms with Crippen LogP contribution in [0.2, 0.25) is 0 Å². The van der Waals surface area contributed by atoms with Gasteiger partial charge in [0.15, 0.2) is 0 Å². The molecule has 1 aromatic carbocycles. The van der Waals surface area contributed by atoms with E-state index in [9.17, 15) is 9.90 Å². The number of fused-ring (bicyclic) bond motifs is 1. The summed E-state index contributed by atoms with van der Waals surface area (Å²) in [5, 5.41) is 12.2. The van der Waals surface area contributed by atoms with E-state index in [4.69, 9.17) is 0 Å². The van der Waals surface area contributed by atoms with Crippen LogP contribution in [0.4, 0.5) is 4.79 Å². The van der Waals surface area contributed by atoms with Crippen LogP contribution in [-0.2, 0) is 17.6 Å². The molecular formula is C20H31NO3. The number of aliphatic hydroxyl groups excluding tert-OH is 1. The molecule has 0 aliphatic heterocycles. The Morgan fingerprint density at radius 2 is 2.04 bits per heavy atom. The van der Waals surface area contributed by atoms with Crippen LogP contribution in [0.1, 0.15) is 62.1 Å². The first-order chi connectivity index (χ1) is 11.7. The van der Waals surface area contributed by atoms with Gasteiger partial charge in [-0.15, -0.1) is 0 Å². The highest BCUT2D eigenvalue weighted by molar-refractivity contribution is 5.67. The van der Waals surface area contributed by atoms with Gasteiger partial charge in [-0.1, -0.05) is 32.0 Å². The number of aryl methyl sites for hydroxylation is 1. The quantitative estimate of drug-likeness (QED) is 0.884. The number of amides is 1. The van der Waals surface area contributed by atoms with Gasteiger partial charge < -0.3 is 15.2 Å². The van der Waals surface area contributed by atoms with Gasteiger partial charge in [-0.05, 0) is 67.1 Å². The van der Waals surface area contributed by atoms with E-state index in [0.717, 1.165) is 38.5 Å². The van der Waals surface area contributed by atoms with Crippen molar-refractivity contribution in [1.82, 2.24) is 5.32 Å². The Hall–Kier alpha value is -1.55. The number of rotatable bonds is 3. The van der Waals surface area contributed by atoms with Gasteiger partial charge in [0.1, 0.15) is 0 Å². The smallest absolute Gasteiger partial charge is 0.407 e. The lowest BCUT2D eigenvalue weighted by molar-refractivity contribution is 0.166. The number of hydrogen-bond donors (Lipinski definition) is 2. The number of hydrogen-bond acceptors (Lipinski definition) is 3. The third-order valence-electron chi connectivity index (χ3n) is 5.23. The van der Waals surface area contributed by atoms with Gasteiger partial charge in [-0.3, -0.25) is 0 Å². The van der Waals surface area contributed by atoms with Crippen molar-refractivity contribution in [2.75, 3.05) is 13.7 Å². The Morgan fingerprint density at radius 3 is 2.75 bits per heavy atom. The van der Waals surface area contributed by atoms with Crippen LogP contribution in [0, 0.1) is 5.92 Å². The number of benzene rings is 1. The van der Waals surface area contributed by atoms with E-state index < -0.39 is 0 Å². The van der Waals surface area contributed by atoms with Crippen LogP contribution in [0.3, 0.4) is 0 Å². The van der Waals surface area contributed by atoms with Crippen molar-refractivity contribution in [3.63, 3.8) is 0 Å². The molecule has 2 unspecified atom stereocenters. The Morgan fingerprint density at radius 1 is 1.25 bits per heavy atom. The third-order valence-corrected chi connectivity index (χ3v) is 5.23. The molecule has 134 valence electrons. The summed E-state index contributed by atoms with van der Waals surface area (Å²) in [6.07, 6.45) is 5.97. The second-order valence-corrected chi connectivity index (χ2v) is 6.66. The van der Waals surface area contributed by atoms with E-state index in [-0.39, 0.29) is 12.1 Å². The average Bonchev–Trinajstić information content (AvgIpc) is 3.10. The Bertz CT molecular complexity index is 544. The van der Waals surface area contributed by atoms with Crippen LogP contribution in [0.15, 0.2) is 18.2 Å². The minimum absolute atomic E-state index is 0.229. The Labute approximate surface area is 145 Å². The highest BCUT2D eigenvalue weighted by Crippen LogP contribution is 2.36. The van der Waals surface area contributed by atoms with E-state index in [1.165, 1.54) is 23.8 Å². The minimum Gasteiger partial charge on any atom is -0.453 e. The maximum absolute atomic E-state index is 11.3. The fourth-order valence-electron chi connectivity index (χ4n) is 3.90. The summed E-state index contributed by atoms with van der Waals surface area (Å²) in [7, 11) is 1.41. The molecule has 24 heavy (non-hydrogen) atoms. The van der Waals surface area contributed by atoms with Gasteiger partial charge in [0.2, 0.25) is 0 Å². The molecule has 3 atom stereocenters. The molecule has 4 heteroatoms. The van der Waals surface area contributed by atoms with Gasteiger partial charge >= 0.3 is 6.09 Å². The molecule has 0 spiro atoms. The first kappa shape index (κ1) is 18.8. The molecule has 2 N–H and O–H groups in total. The highest BCUT2D eigenvalue weighted by Gasteiger charge is 2.28. The van der Waals surface area contributed by atoms with Crippen molar-refractivity contribution in [2.45, 2.75) is 64.3 Å². The van der Waals surface area contributed by atoms with Crippen LogP contribution < -0.4 is 5.32 Å². The summed E-state index contributed by atoms with van der Waals surface area (Å²) in [5.74, 6) is 0.960. The summed E-state index contributed by atoms with van der Waals surface area (Å²) in [6.45, 7) is 4.30. The van der Waals surface area contributed by atoms with Crippen molar-refractivity contribution < 1.29 is 14.6 Å². The van der Waals surface area contributed by atoms with Crippen molar-refractivity contribution in [2.24, 2.45) is 5.92 Å². The molecule has 0 aromatic heterocycles. The van der Waals surface area contributed by atoms with Crippen molar-refractivity contribution in [1.29, 1.82) is 0 Å². The molecular weight excluding hydrogens is 302 g/mol. The molecule has 4 nitrogen and oxygen atoms in total. The highest BCUT2D eigenvalue weighted by atomic mass is 16.5. The Balaban J connectivity index is 0.00000100. The summed E-state index contributed by atoms with van der Waals surface area (Å²) in [5.41, 5.74) is 4.25. The topological polar surface area (TPSA) is 58.6 Å². The molecule has 0 radical (unpaired) electrons.